The monoisotopic (exact) mass is 477 g/mol. The summed E-state index contributed by atoms with van der Waals surface area (Å²) < 4.78 is 41.8. The molecule has 0 spiro atoms. The molecule has 0 bridgehead atoms. The molecule has 1 aliphatic carbocycles. The normalized spacial score (nSPS) is 17.5. The van der Waals surface area contributed by atoms with Crippen LogP contribution in [0.2, 0.25) is 0 Å². The van der Waals surface area contributed by atoms with Gasteiger partial charge >= 0.3 is 5.97 Å². The predicted molar refractivity (Wildman–Crippen MR) is 122 cm³/mol. The number of sulfonamides is 1. The maximum atomic E-state index is 13.8. The number of aromatic carboxylic acids is 1. The van der Waals surface area contributed by atoms with E-state index in [-0.39, 0.29) is 28.2 Å². The summed E-state index contributed by atoms with van der Waals surface area (Å²) in [5.74, 6) is -0.247. The Morgan fingerprint density at radius 2 is 1.97 bits per heavy atom. The first-order chi connectivity index (χ1) is 15.8. The molecule has 10 heteroatoms. The lowest BCUT2D eigenvalue weighted by atomic mass is 9.93. The van der Waals surface area contributed by atoms with Gasteiger partial charge in [0.1, 0.15) is 17.1 Å². The van der Waals surface area contributed by atoms with Gasteiger partial charge in [0.25, 0.3) is 10.0 Å². The van der Waals surface area contributed by atoms with Crippen molar-refractivity contribution in [1.82, 2.24) is 9.78 Å². The van der Waals surface area contributed by atoms with Crippen molar-refractivity contribution >= 4 is 21.8 Å². The number of carboxylic acids is 1. The fourth-order valence-electron chi connectivity index (χ4n) is 4.27. The maximum absolute atomic E-state index is 13.8. The van der Waals surface area contributed by atoms with Crippen LogP contribution in [0.25, 0.3) is 0 Å². The summed E-state index contributed by atoms with van der Waals surface area (Å²) in [6.07, 6.45) is 4.18. The van der Waals surface area contributed by atoms with E-state index >= 15 is 0 Å². The Morgan fingerprint density at radius 3 is 2.58 bits per heavy atom. The van der Waals surface area contributed by atoms with E-state index in [1.807, 2.05) is 13.8 Å². The van der Waals surface area contributed by atoms with Gasteiger partial charge in [-0.2, -0.15) is 5.10 Å². The van der Waals surface area contributed by atoms with E-state index in [4.69, 9.17) is 9.47 Å². The van der Waals surface area contributed by atoms with Gasteiger partial charge in [-0.1, -0.05) is 0 Å². The molecule has 1 aromatic heterocycles. The van der Waals surface area contributed by atoms with E-state index in [1.54, 1.807) is 10.7 Å². The summed E-state index contributed by atoms with van der Waals surface area (Å²) in [6.45, 7) is 5.98. The van der Waals surface area contributed by atoms with E-state index < -0.39 is 16.0 Å². The van der Waals surface area contributed by atoms with Crippen molar-refractivity contribution in [2.24, 2.45) is 5.92 Å². The first kappa shape index (κ1) is 23.6. The molecule has 33 heavy (non-hydrogen) atoms. The number of hydrogen-bond acceptors (Lipinski definition) is 6. The number of nitrogens with zero attached hydrogens (tertiary/aromatic N) is 3. The van der Waals surface area contributed by atoms with Crippen molar-refractivity contribution in [3.63, 3.8) is 0 Å². The highest BCUT2D eigenvalue weighted by Gasteiger charge is 2.38. The zero-order chi connectivity index (χ0) is 23.6. The van der Waals surface area contributed by atoms with Gasteiger partial charge in [0.15, 0.2) is 0 Å². The van der Waals surface area contributed by atoms with Gasteiger partial charge in [-0.3, -0.25) is 0 Å². The van der Waals surface area contributed by atoms with Crippen LogP contribution in [0.15, 0.2) is 29.2 Å². The number of carboxylic acid groups (broad SMARTS) is 1. The topological polar surface area (TPSA) is 111 Å². The number of ether oxygens (including phenoxy) is 2. The van der Waals surface area contributed by atoms with Crippen molar-refractivity contribution in [3.05, 3.63) is 35.5 Å². The van der Waals surface area contributed by atoms with Gasteiger partial charge in [-0.15, -0.1) is 0 Å². The maximum Gasteiger partial charge on any atom is 0.339 e. The van der Waals surface area contributed by atoms with Gasteiger partial charge in [0.2, 0.25) is 0 Å². The molecule has 0 atom stereocenters. The molecule has 1 N–H and O–H groups in total. The van der Waals surface area contributed by atoms with Crippen LogP contribution in [-0.4, -0.2) is 55.1 Å². The molecular formula is C23H31N3O6S. The van der Waals surface area contributed by atoms with E-state index in [0.717, 1.165) is 37.8 Å². The van der Waals surface area contributed by atoms with E-state index in [1.165, 1.54) is 22.5 Å². The standard InChI is InChI=1S/C23H31N3O6S/c1-3-25-22(13-16(2)24-25)26(18-5-4-6-18)33(29,30)19-7-8-21(20(14-19)23(27)28)32-15-17-9-11-31-12-10-17/h7-8,13-14,17-18H,3-6,9-12,15H2,1-2H3,(H,27,28). The minimum atomic E-state index is -4.00. The van der Waals surface area contributed by atoms with Gasteiger partial charge in [0, 0.05) is 31.9 Å². The largest absolute Gasteiger partial charge is 0.492 e. The number of anilines is 1. The molecule has 1 aliphatic heterocycles. The Balaban J connectivity index is 1.66. The Hall–Kier alpha value is -2.59. The predicted octanol–water partition coefficient (Wildman–Crippen LogP) is 3.46. The molecule has 0 radical (unpaired) electrons. The lowest BCUT2D eigenvalue weighted by Crippen LogP contribution is -2.45. The summed E-state index contributed by atoms with van der Waals surface area (Å²) in [5, 5.41) is 14.2. The van der Waals surface area contributed by atoms with Crippen LogP contribution in [-0.2, 0) is 21.3 Å². The quantitative estimate of drug-likeness (QED) is 0.589. The molecule has 2 aliphatic rings. The number of benzene rings is 1. The molecule has 180 valence electrons. The Labute approximate surface area is 194 Å². The first-order valence-electron chi connectivity index (χ1n) is 11.5. The fraction of sp³-hybridized carbons (Fsp3) is 0.565. The SMILES string of the molecule is CCn1nc(C)cc1N(C1CCC1)S(=O)(=O)c1ccc(OCC2CCOCC2)c(C(=O)O)c1. The minimum Gasteiger partial charge on any atom is -0.492 e. The van der Waals surface area contributed by atoms with Crippen molar-refractivity contribution in [2.75, 3.05) is 24.1 Å². The second-order valence-electron chi connectivity index (χ2n) is 8.68. The molecule has 0 unspecified atom stereocenters. The third-order valence-corrected chi connectivity index (χ3v) is 8.22. The van der Waals surface area contributed by atoms with Crippen LogP contribution in [0.3, 0.4) is 0 Å². The summed E-state index contributed by atoms with van der Waals surface area (Å²) in [7, 11) is -4.00. The van der Waals surface area contributed by atoms with Gasteiger partial charge in [-0.05, 0) is 70.1 Å². The molecule has 2 heterocycles. The number of hydrogen-bond donors (Lipinski definition) is 1. The summed E-state index contributed by atoms with van der Waals surface area (Å²) in [6, 6.07) is 5.70. The number of aromatic nitrogens is 2. The molecule has 1 saturated heterocycles. The Kier molecular flexibility index (Phi) is 6.94. The number of carbonyl (C=O) groups is 1. The van der Waals surface area contributed by atoms with Gasteiger partial charge < -0.3 is 14.6 Å². The van der Waals surface area contributed by atoms with Crippen molar-refractivity contribution in [1.29, 1.82) is 0 Å². The van der Waals surface area contributed by atoms with Crippen LogP contribution in [0, 0.1) is 12.8 Å². The lowest BCUT2D eigenvalue weighted by molar-refractivity contribution is 0.0490. The minimum absolute atomic E-state index is 0.0632. The summed E-state index contributed by atoms with van der Waals surface area (Å²) in [4.78, 5) is 11.9. The van der Waals surface area contributed by atoms with Crippen LogP contribution in [0.5, 0.6) is 5.75 Å². The molecular weight excluding hydrogens is 446 g/mol. The van der Waals surface area contributed by atoms with E-state index in [0.29, 0.717) is 32.2 Å². The third-order valence-electron chi connectivity index (χ3n) is 6.37. The summed E-state index contributed by atoms with van der Waals surface area (Å²) in [5.41, 5.74) is 0.575. The zero-order valence-corrected chi connectivity index (χ0v) is 19.9. The van der Waals surface area contributed by atoms with Crippen molar-refractivity contribution < 1.29 is 27.8 Å². The van der Waals surface area contributed by atoms with E-state index in [2.05, 4.69) is 5.10 Å². The van der Waals surface area contributed by atoms with Gasteiger partial charge in [-0.25, -0.2) is 22.2 Å². The molecule has 4 rings (SSSR count). The molecule has 1 aromatic carbocycles. The Morgan fingerprint density at radius 1 is 1.24 bits per heavy atom. The molecule has 9 nitrogen and oxygen atoms in total. The highest BCUT2D eigenvalue weighted by Crippen LogP contribution is 2.36. The molecule has 2 fully saturated rings. The molecule has 0 amide bonds. The average molecular weight is 478 g/mol. The van der Waals surface area contributed by atoms with Crippen LogP contribution in [0.4, 0.5) is 5.82 Å². The van der Waals surface area contributed by atoms with Crippen LogP contribution >= 0.6 is 0 Å². The van der Waals surface area contributed by atoms with E-state index in [9.17, 15) is 18.3 Å². The second kappa shape index (κ2) is 9.72. The second-order valence-corrected chi connectivity index (χ2v) is 10.5. The van der Waals surface area contributed by atoms with Crippen molar-refractivity contribution in [3.8, 4) is 5.75 Å². The smallest absolute Gasteiger partial charge is 0.339 e. The average Bonchev–Trinajstić information content (AvgIpc) is 3.15. The van der Waals surface area contributed by atoms with Crippen molar-refractivity contribution in [2.45, 2.75) is 63.4 Å². The molecule has 1 saturated carbocycles. The van der Waals surface area contributed by atoms with Crippen LogP contribution < -0.4 is 9.04 Å². The molecule has 2 aromatic rings. The highest BCUT2D eigenvalue weighted by atomic mass is 32.2. The lowest BCUT2D eigenvalue weighted by Gasteiger charge is -2.37. The first-order valence-corrected chi connectivity index (χ1v) is 12.9. The fourth-order valence-corrected chi connectivity index (χ4v) is 6.00. The zero-order valence-electron chi connectivity index (χ0n) is 19.1. The Bertz CT molecular complexity index is 1100. The number of rotatable bonds is 9. The van der Waals surface area contributed by atoms with Crippen LogP contribution in [0.1, 0.15) is 55.1 Å². The third kappa shape index (κ3) is 4.86. The number of aryl methyl sites for hydroxylation is 2. The van der Waals surface area contributed by atoms with Gasteiger partial charge in [0.05, 0.1) is 17.2 Å². The summed E-state index contributed by atoms with van der Waals surface area (Å²) >= 11 is 0. The highest BCUT2D eigenvalue weighted by molar-refractivity contribution is 7.92.